The Morgan fingerprint density at radius 3 is 2.35 bits per heavy atom. The predicted octanol–water partition coefficient (Wildman–Crippen LogP) is 4.00. The second-order valence-corrected chi connectivity index (χ2v) is 8.74. The van der Waals surface area contributed by atoms with E-state index in [-0.39, 0.29) is 22.6 Å². The van der Waals surface area contributed by atoms with Gasteiger partial charge in [0, 0.05) is 17.8 Å². The van der Waals surface area contributed by atoms with Crippen LogP contribution in [0.2, 0.25) is 0 Å². The van der Waals surface area contributed by atoms with Crippen molar-refractivity contribution in [2.24, 2.45) is 5.92 Å². The Bertz CT molecular complexity index is 874. The van der Waals surface area contributed by atoms with E-state index in [9.17, 15) is 13.2 Å². The van der Waals surface area contributed by atoms with Crippen molar-refractivity contribution in [1.82, 2.24) is 4.72 Å². The molecule has 140 valence electrons. The van der Waals surface area contributed by atoms with Crippen molar-refractivity contribution in [3.8, 4) is 0 Å². The molecule has 2 aromatic carbocycles. The molecular weight excluding hydrogens is 348 g/mol. The zero-order valence-electron chi connectivity index (χ0n) is 15.6. The van der Waals surface area contributed by atoms with Gasteiger partial charge in [0.1, 0.15) is 0 Å². The standard InChI is InChI=1S/C20H26N2O3S/c1-14(2)13-21-26(24,25)17-9-7-8-16(12-17)20(23)22-19-11-6-5-10-18(19)15(3)4/h5-12,14-15,21H,13H2,1-4H3,(H,22,23). The molecule has 2 aromatic rings. The summed E-state index contributed by atoms with van der Waals surface area (Å²) in [4.78, 5) is 12.7. The van der Waals surface area contributed by atoms with Crippen LogP contribution in [0.15, 0.2) is 53.4 Å². The van der Waals surface area contributed by atoms with Crippen LogP contribution in [0.3, 0.4) is 0 Å². The number of carbonyl (C=O) groups is 1. The van der Waals surface area contributed by atoms with Crippen molar-refractivity contribution in [3.63, 3.8) is 0 Å². The molecular formula is C20H26N2O3S. The lowest BCUT2D eigenvalue weighted by molar-refractivity contribution is 0.102. The van der Waals surface area contributed by atoms with E-state index in [0.717, 1.165) is 11.3 Å². The largest absolute Gasteiger partial charge is 0.322 e. The third-order valence-electron chi connectivity index (χ3n) is 3.92. The number of sulfonamides is 1. The molecule has 0 radical (unpaired) electrons. The maximum absolute atomic E-state index is 12.6. The minimum absolute atomic E-state index is 0.0861. The molecule has 2 N–H and O–H groups in total. The lowest BCUT2D eigenvalue weighted by Crippen LogP contribution is -2.27. The van der Waals surface area contributed by atoms with Crippen LogP contribution in [0.4, 0.5) is 5.69 Å². The number of benzene rings is 2. The number of hydrogen-bond donors (Lipinski definition) is 2. The molecule has 26 heavy (non-hydrogen) atoms. The molecule has 2 rings (SSSR count). The van der Waals surface area contributed by atoms with Crippen molar-refractivity contribution in [2.45, 2.75) is 38.5 Å². The summed E-state index contributed by atoms with van der Waals surface area (Å²) in [5, 5.41) is 2.88. The van der Waals surface area contributed by atoms with Crippen LogP contribution in [0.1, 0.15) is 49.5 Å². The fourth-order valence-corrected chi connectivity index (χ4v) is 3.73. The van der Waals surface area contributed by atoms with E-state index in [1.807, 2.05) is 38.1 Å². The summed E-state index contributed by atoms with van der Waals surface area (Å²) in [7, 11) is -3.64. The van der Waals surface area contributed by atoms with Crippen molar-refractivity contribution >= 4 is 21.6 Å². The maximum Gasteiger partial charge on any atom is 0.255 e. The van der Waals surface area contributed by atoms with Crippen LogP contribution in [-0.4, -0.2) is 20.9 Å². The fourth-order valence-electron chi connectivity index (χ4n) is 2.47. The first-order valence-corrected chi connectivity index (χ1v) is 10.2. The number of para-hydroxylation sites is 1. The van der Waals surface area contributed by atoms with Crippen molar-refractivity contribution < 1.29 is 13.2 Å². The van der Waals surface area contributed by atoms with Crippen LogP contribution < -0.4 is 10.0 Å². The van der Waals surface area contributed by atoms with Crippen LogP contribution in [-0.2, 0) is 10.0 Å². The Morgan fingerprint density at radius 2 is 1.69 bits per heavy atom. The SMILES string of the molecule is CC(C)CNS(=O)(=O)c1cccc(C(=O)Nc2ccccc2C(C)C)c1. The summed E-state index contributed by atoms with van der Waals surface area (Å²) in [5.41, 5.74) is 2.07. The van der Waals surface area contributed by atoms with Crippen molar-refractivity contribution in [1.29, 1.82) is 0 Å². The molecule has 0 aliphatic heterocycles. The molecule has 5 nitrogen and oxygen atoms in total. The molecule has 0 aromatic heterocycles. The number of nitrogens with one attached hydrogen (secondary N) is 2. The molecule has 0 saturated heterocycles. The Morgan fingerprint density at radius 1 is 1.00 bits per heavy atom. The Balaban J connectivity index is 2.24. The number of hydrogen-bond acceptors (Lipinski definition) is 3. The van der Waals surface area contributed by atoms with Crippen molar-refractivity contribution in [3.05, 3.63) is 59.7 Å². The van der Waals surface area contributed by atoms with Gasteiger partial charge in [0.2, 0.25) is 10.0 Å². The second-order valence-electron chi connectivity index (χ2n) is 6.97. The smallest absolute Gasteiger partial charge is 0.255 e. The lowest BCUT2D eigenvalue weighted by atomic mass is 10.0. The van der Waals surface area contributed by atoms with Gasteiger partial charge in [-0.05, 0) is 41.7 Å². The summed E-state index contributed by atoms with van der Waals surface area (Å²) in [6.45, 7) is 8.31. The quantitative estimate of drug-likeness (QED) is 0.769. The molecule has 6 heteroatoms. The highest BCUT2D eigenvalue weighted by Gasteiger charge is 2.17. The van der Waals surface area contributed by atoms with E-state index in [1.54, 1.807) is 12.1 Å². The van der Waals surface area contributed by atoms with E-state index >= 15 is 0 Å². The monoisotopic (exact) mass is 374 g/mol. The highest BCUT2D eigenvalue weighted by Crippen LogP contribution is 2.24. The zero-order chi connectivity index (χ0) is 19.3. The van der Waals surface area contributed by atoms with Gasteiger partial charge in [0.25, 0.3) is 5.91 Å². The minimum Gasteiger partial charge on any atom is -0.322 e. The van der Waals surface area contributed by atoms with Gasteiger partial charge in [0.05, 0.1) is 4.90 Å². The average Bonchev–Trinajstić information content (AvgIpc) is 2.60. The van der Waals surface area contributed by atoms with E-state index in [0.29, 0.717) is 12.1 Å². The molecule has 0 aliphatic rings. The lowest BCUT2D eigenvalue weighted by Gasteiger charge is -2.14. The molecule has 0 bridgehead atoms. The summed E-state index contributed by atoms with van der Waals surface area (Å²) >= 11 is 0. The Kier molecular flexibility index (Phi) is 6.56. The molecule has 0 fully saturated rings. The molecule has 0 saturated carbocycles. The molecule has 0 atom stereocenters. The molecule has 0 spiro atoms. The van der Waals surface area contributed by atoms with Crippen LogP contribution in [0.5, 0.6) is 0 Å². The van der Waals surface area contributed by atoms with Gasteiger partial charge in [-0.3, -0.25) is 4.79 Å². The first-order chi connectivity index (χ1) is 12.2. The first-order valence-electron chi connectivity index (χ1n) is 8.70. The van der Waals surface area contributed by atoms with Gasteiger partial charge < -0.3 is 5.32 Å². The Labute approximate surface area is 155 Å². The van der Waals surface area contributed by atoms with Crippen LogP contribution in [0, 0.1) is 5.92 Å². The van der Waals surface area contributed by atoms with Gasteiger partial charge in [-0.15, -0.1) is 0 Å². The van der Waals surface area contributed by atoms with E-state index in [4.69, 9.17) is 0 Å². The second kappa shape index (κ2) is 8.47. The number of amides is 1. The normalized spacial score (nSPS) is 11.8. The summed E-state index contributed by atoms with van der Waals surface area (Å²) in [6, 6.07) is 13.7. The number of rotatable bonds is 7. The molecule has 0 heterocycles. The topological polar surface area (TPSA) is 75.3 Å². The predicted molar refractivity (Wildman–Crippen MR) is 105 cm³/mol. The van der Waals surface area contributed by atoms with Gasteiger partial charge in [-0.25, -0.2) is 13.1 Å². The molecule has 1 amide bonds. The van der Waals surface area contributed by atoms with Gasteiger partial charge in [-0.2, -0.15) is 0 Å². The number of anilines is 1. The summed E-state index contributed by atoms with van der Waals surface area (Å²) in [5.74, 6) is 0.126. The fraction of sp³-hybridized carbons (Fsp3) is 0.350. The first kappa shape index (κ1) is 20.1. The van der Waals surface area contributed by atoms with Gasteiger partial charge >= 0.3 is 0 Å². The van der Waals surface area contributed by atoms with Crippen LogP contribution >= 0.6 is 0 Å². The molecule has 0 aliphatic carbocycles. The maximum atomic E-state index is 12.6. The third kappa shape index (κ3) is 5.16. The average molecular weight is 375 g/mol. The summed E-state index contributed by atoms with van der Waals surface area (Å²) < 4.78 is 27.3. The third-order valence-corrected chi connectivity index (χ3v) is 5.34. The number of carbonyl (C=O) groups excluding carboxylic acids is 1. The minimum atomic E-state index is -3.64. The van der Waals surface area contributed by atoms with E-state index in [2.05, 4.69) is 23.9 Å². The Hall–Kier alpha value is -2.18. The van der Waals surface area contributed by atoms with Gasteiger partial charge in [-0.1, -0.05) is 52.0 Å². The van der Waals surface area contributed by atoms with E-state index in [1.165, 1.54) is 12.1 Å². The van der Waals surface area contributed by atoms with Crippen LogP contribution in [0.25, 0.3) is 0 Å². The van der Waals surface area contributed by atoms with E-state index < -0.39 is 10.0 Å². The zero-order valence-corrected chi connectivity index (χ0v) is 16.4. The molecule has 0 unspecified atom stereocenters. The summed E-state index contributed by atoms with van der Waals surface area (Å²) in [6.07, 6.45) is 0. The van der Waals surface area contributed by atoms with Gasteiger partial charge in [0.15, 0.2) is 0 Å². The highest BCUT2D eigenvalue weighted by molar-refractivity contribution is 7.89. The highest BCUT2D eigenvalue weighted by atomic mass is 32.2. The van der Waals surface area contributed by atoms with Crippen molar-refractivity contribution in [2.75, 3.05) is 11.9 Å².